The molecular formula is C10H7ClN3Na. The van der Waals surface area contributed by atoms with Gasteiger partial charge >= 0.3 is 29.6 Å². The Balaban J connectivity index is 0.00000112. The molecule has 3 nitrogen and oxygen atoms in total. The molecule has 2 aromatic rings. The average Bonchev–Trinajstić information content (AvgIpc) is 2.18. The van der Waals surface area contributed by atoms with Crippen molar-refractivity contribution in [1.29, 1.82) is 0 Å². The molecule has 0 saturated carbocycles. The minimum absolute atomic E-state index is 0. The SMILES string of the molecule is [NH-]c1cccc(-c2cccc(Cl)n2)n1.[Na+]. The Hall–Kier alpha value is -0.610. The average molecular weight is 228 g/mol. The first-order valence-electron chi connectivity index (χ1n) is 4.07. The molecule has 15 heavy (non-hydrogen) atoms. The zero-order valence-electron chi connectivity index (χ0n) is 8.24. The number of rotatable bonds is 1. The largest absolute Gasteiger partial charge is 1.00 e. The van der Waals surface area contributed by atoms with E-state index in [1.165, 1.54) is 0 Å². The molecule has 2 aromatic heterocycles. The molecule has 0 aromatic carbocycles. The molecule has 0 bridgehead atoms. The summed E-state index contributed by atoms with van der Waals surface area (Å²) in [6, 6.07) is 10.5. The van der Waals surface area contributed by atoms with Crippen LogP contribution in [0.1, 0.15) is 0 Å². The number of halogens is 1. The molecular weight excluding hydrogens is 221 g/mol. The molecule has 1 N–H and O–H groups in total. The molecule has 0 radical (unpaired) electrons. The summed E-state index contributed by atoms with van der Waals surface area (Å²) in [5.41, 5.74) is 8.72. The van der Waals surface area contributed by atoms with Crippen molar-refractivity contribution in [3.05, 3.63) is 47.3 Å². The molecule has 0 aliphatic heterocycles. The Morgan fingerprint density at radius 2 is 1.53 bits per heavy atom. The van der Waals surface area contributed by atoms with E-state index in [0.29, 0.717) is 16.5 Å². The van der Waals surface area contributed by atoms with E-state index in [1.54, 1.807) is 24.3 Å². The minimum Gasteiger partial charge on any atom is -0.482 e. The molecule has 0 atom stereocenters. The Morgan fingerprint density at radius 1 is 0.933 bits per heavy atom. The van der Waals surface area contributed by atoms with Crippen LogP contribution in [-0.4, -0.2) is 9.97 Å². The Kier molecular flexibility index (Phi) is 4.54. The van der Waals surface area contributed by atoms with Crippen molar-refractivity contribution in [2.24, 2.45) is 0 Å². The summed E-state index contributed by atoms with van der Waals surface area (Å²) in [6.07, 6.45) is 0. The van der Waals surface area contributed by atoms with Crippen molar-refractivity contribution in [1.82, 2.24) is 9.97 Å². The summed E-state index contributed by atoms with van der Waals surface area (Å²) in [6.45, 7) is 0. The van der Waals surface area contributed by atoms with Crippen LogP contribution in [0.4, 0.5) is 5.82 Å². The van der Waals surface area contributed by atoms with Crippen LogP contribution in [0.5, 0.6) is 0 Å². The molecule has 70 valence electrons. The molecule has 5 heteroatoms. The van der Waals surface area contributed by atoms with Crippen LogP contribution >= 0.6 is 11.6 Å². The molecule has 0 amide bonds. The number of nitrogens with zero attached hydrogens (tertiary/aromatic N) is 2. The maximum absolute atomic E-state index is 7.37. The Morgan fingerprint density at radius 3 is 2.13 bits per heavy atom. The third kappa shape index (κ3) is 3.18. The van der Waals surface area contributed by atoms with E-state index in [9.17, 15) is 0 Å². The van der Waals surface area contributed by atoms with Gasteiger partial charge in [-0.25, -0.2) is 4.98 Å². The maximum atomic E-state index is 7.37. The monoisotopic (exact) mass is 227 g/mol. The summed E-state index contributed by atoms with van der Waals surface area (Å²) >= 11 is 5.75. The van der Waals surface area contributed by atoms with E-state index in [0.717, 1.165) is 0 Å². The van der Waals surface area contributed by atoms with Crippen LogP contribution in [0.25, 0.3) is 17.1 Å². The van der Waals surface area contributed by atoms with Crippen molar-refractivity contribution in [3.8, 4) is 11.4 Å². The fraction of sp³-hybridized carbons (Fsp3) is 0. The van der Waals surface area contributed by atoms with Crippen LogP contribution in [0.2, 0.25) is 5.15 Å². The van der Waals surface area contributed by atoms with Gasteiger partial charge in [0, 0.05) is 0 Å². The van der Waals surface area contributed by atoms with Gasteiger partial charge in [0.2, 0.25) is 0 Å². The number of aromatic nitrogens is 2. The van der Waals surface area contributed by atoms with Crippen LogP contribution in [0, 0.1) is 0 Å². The van der Waals surface area contributed by atoms with Crippen LogP contribution in [0.15, 0.2) is 36.4 Å². The Labute approximate surface area is 115 Å². The zero-order valence-corrected chi connectivity index (χ0v) is 11.0. The Bertz CT molecular complexity index is 418. The van der Waals surface area contributed by atoms with Gasteiger partial charge in [0.05, 0.1) is 5.69 Å². The van der Waals surface area contributed by atoms with E-state index in [2.05, 4.69) is 9.97 Å². The van der Waals surface area contributed by atoms with Crippen LogP contribution in [0.3, 0.4) is 0 Å². The smallest absolute Gasteiger partial charge is 0.482 e. The summed E-state index contributed by atoms with van der Waals surface area (Å²) < 4.78 is 0. The van der Waals surface area contributed by atoms with Gasteiger partial charge in [-0.05, 0) is 17.8 Å². The third-order valence-electron chi connectivity index (χ3n) is 1.73. The molecule has 2 rings (SSSR count). The summed E-state index contributed by atoms with van der Waals surface area (Å²) in [5, 5.41) is 0.430. The summed E-state index contributed by atoms with van der Waals surface area (Å²) in [5.74, 6) is 0.226. The molecule has 0 saturated heterocycles. The van der Waals surface area contributed by atoms with Gasteiger partial charge < -0.3 is 10.7 Å². The zero-order chi connectivity index (χ0) is 9.97. The van der Waals surface area contributed by atoms with Gasteiger partial charge in [0.25, 0.3) is 0 Å². The molecule has 0 unspecified atom stereocenters. The second kappa shape index (κ2) is 5.47. The predicted octanol–water partition coefficient (Wildman–Crippen LogP) is 0.485. The van der Waals surface area contributed by atoms with Crippen LogP contribution in [-0.2, 0) is 0 Å². The predicted molar refractivity (Wildman–Crippen MR) is 56.5 cm³/mol. The van der Waals surface area contributed by atoms with Gasteiger partial charge in [-0.3, -0.25) is 0 Å². The normalized spacial score (nSPS) is 9.40. The quantitative estimate of drug-likeness (QED) is 0.526. The molecule has 0 aliphatic rings. The van der Waals surface area contributed by atoms with Crippen molar-refractivity contribution in [2.45, 2.75) is 0 Å². The first-order chi connectivity index (χ1) is 6.75. The number of hydrogen-bond acceptors (Lipinski definition) is 2. The van der Waals surface area contributed by atoms with E-state index in [4.69, 9.17) is 17.3 Å². The second-order valence-electron chi connectivity index (χ2n) is 2.75. The van der Waals surface area contributed by atoms with Gasteiger partial charge in [-0.2, -0.15) is 0 Å². The fourth-order valence-corrected chi connectivity index (χ4v) is 1.29. The summed E-state index contributed by atoms with van der Waals surface area (Å²) in [4.78, 5) is 8.13. The third-order valence-corrected chi connectivity index (χ3v) is 1.94. The van der Waals surface area contributed by atoms with Crippen molar-refractivity contribution in [3.63, 3.8) is 0 Å². The van der Waals surface area contributed by atoms with Gasteiger partial charge in [0.1, 0.15) is 5.15 Å². The molecule has 2 heterocycles. The first kappa shape index (κ1) is 12.5. The standard InChI is InChI=1S/C10H7ClN3.Na/c11-9-5-1-3-7(13-9)8-4-2-6-10(12)14-8;/h1-6H,(H-,12,14);/q-1;+1. The van der Waals surface area contributed by atoms with Crippen molar-refractivity contribution < 1.29 is 29.6 Å². The number of nitrogens with one attached hydrogen (secondary N) is 1. The van der Waals surface area contributed by atoms with E-state index in [1.807, 2.05) is 12.1 Å². The number of hydrogen-bond donors (Lipinski definition) is 0. The van der Waals surface area contributed by atoms with E-state index >= 15 is 0 Å². The molecule has 0 spiro atoms. The number of pyridine rings is 2. The molecule has 0 fully saturated rings. The fourth-order valence-electron chi connectivity index (χ4n) is 1.13. The van der Waals surface area contributed by atoms with E-state index in [-0.39, 0.29) is 35.4 Å². The first-order valence-corrected chi connectivity index (χ1v) is 4.45. The van der Waals surface area contributed by atoms with Gasteiger partial charge in [-0.1, -0.05) is 41.7 Å². The van der Waals surface area contributed by atoms with Crippen molar-refractivity contribution in [2.75, 3.05) is 0 Å². The second-order valence-corrected chi connectivity index (χ2v) is 3.14. The maximum Gasteiger partial charge on any atom is 1.00 e. The van der Waals surface area contributed by atoms with Crippen molar-refractivity contribution >= 4 is 17.4 Å². The molecule has 0 aliphatic carbocycles. The van der Waals surface area contributed by atoms with E-state index < -0.39 is 0 Å². The van der Waals surface area contributed by atoms with Gasteiger partial charge in [0.15, 0.2) is 0 Å². The van der Waals surface area contributed by atoms with Crippen LogP contribution < -0.4 is 29.6 Å². The topological polar surface area (TPSA) is 49.6 Å². The minimum atomic E-state index is 0. The summed E-state index contributed by atoms with van der Waals surface area (Å²) in [7, 11) is 0. The van der Waals surface area contributed by atoms with Gasteiger partial charge in [-0.15, -0.1) is 0 Å².